The zero-order valence-corrected chi connectivity index (χ0v) is 26.6. The van der Waals surface area contributed by atoms with Crippen molar-refractivity contribution in [2.45, 2.75) is 118 Å². The minimum absolute atomic E-state index is 0.0146. The molecule has 3 N–H and O–H groups in total. The maximum absolute atomic E-state index is 13.7. The van der Waals surface area contributed by atoms with Crippen molar-refractivity contribution in [1.82, 2.24) is 20.9 Å². The molecule has 0 aliphatic carbocycles. The van der Waals surface area contributed by atoms with Gasteiger partial charge in [0.1, 0.15) is 17.7 Å². The first kappa shape index (κ1) is 36.0. The Bertz CT molecular complexity index is 957. The fraction of sp³-hybridized carbons (Fsp3) is 0.800. The number of hydrogen-bond donors (Lipinski definition) is 3. The number of carbonyl (C=O) groups excluding carboxylic acids is 6. The van der Waals surface area contributed by atoms with Crippen LogP contribution in [0.5, 0.6) is 0 Å². The van der Waals surface area contributed by atoms with Crippen LogP contribution in [0, 0.1) is 23.7 Å². The molecule has 0 spiro atoms. The second kappa shape index (κ2) is 15.9. The number of hydrogen-bond acceptors (Lipinski definition) is 7. The van der Waals surface area contributed by atoms with Crippen LogP contribution >= 0.6 is 0 Å². The van der Waals surface area contributed by atoms with Crippen LogP contribution < -0.4 is 16.0 Å². The number of nitrogens with zero attached hydrogens (tertiary/aromatic N) is 1. The first-order chi connectivity index (χ1) is 18.9. The molecule has 0 aromatic heterocycles. The van der Waals surface area contributed by atoms with Gasteiger partial charge in [-0.2, -0.15) is 0 Å². The van der Waals surface area contributed by atoms with Gasteiger partial charge in [0.15, 0.2) is 5.78 Å². The Morgan fingerprint density at radius 2 is 1.59 bits per heavy atom. The van der Waals surface area contributed by atoms with Crippen LogP contribution in [0.1, 0.15) is 94.4 Å². The number of ether oxygens (including phenoxy) is 1. The number of rotatable bonds is 15. The highest BCUT2D eigenvalue weighted by Gasteiger charge is 2.40. The van der Waals surface area contributed by atoms with E-state index in [1.54, 1.807) is 32.6 Å². The van der Waals surface area contributed by atoms with Crippen LogP contribution in [0.15, 0.2) is 0 Å². The third kappa shape index (κ3) is 11.8. The van der Waals surface area contributed by atoms with Crippen molar-refractivity contribution in [3.63, 3.8) is 0 Å². The molecule has 1 aliphatic rings. The third-order valence-electron chi connectivity index (χ3n) is 7.08. The monoisotopic (exact) mass is 580 g/mol. The lowest BCUT2D eigenvalue weighted by Gasteiger charge is -2.32. The van der Waals surface area contributed by atoms with E-state index in [4.69, 9.17) is 4.74 Å². The van der Waals surface area contributed by atoms with Crippen LogP contribution in [0.3, 0.4) is 0 Å². The van der Waals surface area contributed by atoms with Crippen molar-refractivity contribution >= 4 is 35.4 Å². The van der Waals surface area contributed by atoms with Gasteiger partial charge >= 0.3 is 5.97 Å². The Kier molecular flexibility index (Phi) is 13.9. The van der Waals surface area contributed by atoms with Crippen LogP contribution in [0.25, 0.3) is 0 Å². The molecule has 1 rings (SSSR count). The largest absolute Gasteiger partial charge is 0.460 e. The van der Waals surface area contributed by atoms with E-state index < -0.39 is 53.2 Å². The van der Waals surface area contributed by atoms with Crippen LogP contribution in [0.2, 0.25) is 0 Å². The van der Waals surface area contributed by atoms with Crippen molar-refractivity contribution < 1.29 is 33.5 Å². The number of ketones is 1. The van der Waals surface area contributed by atoms with E-state index in [0.717, 1.165) is 0 Å². The number of esters is 1. The number of nitrogens with one attached hydrogen (secondary N) is 3. The lowest BCUT2D eigenvalue weighted by Crippen LogP contribution is -2.55. The maximum Gasteiger partial charge on any atom is 0.306 e. The molecule has 5 atom stereocenters. The van der Waals surface area contributed by atoms with E-state index >= 15 is 0 Å². The van der Waals surface area contributed by atoms with Gasteiger partial charge in [-0.05, 0) is 58.8 Å². The first-order valence-electron chi connectivity index (χ1n) is 14.7. The summed E-state index contributed by atoms with van der Waals surface area (Å²) in [6.45, 7) is 16.6. The Morgan fingerprint density at radius 3 is 2.05 bits per heavy atom. The summed E-state index contributed by atoms with van der Waals surface area (Å²) in [6, 6.07) is -2.62. The fourth-order valence-corrected chi connectivity index (χ4v) is 5.01. The average Bonchev–Trinajstić information content (AvgIpc) is 3.16. The number of likely N-dealkylation sites (tertiary alicyclic amines) is 1. The average molecular weight is 581 g/mol. The molecule has 1 aliphatic heterocycles. The molecule has 41 heavy (non-hydrogen) atoms. The third-order valence-corrected chi connectivity index (χ3v) is 7.08. The molecule has 1 fully saturated rings. The molecule has 0 aromatic carbocycles. The number of amides is 4. The standard InChI is InChI=1S/C30H52N4O7/c1-17(2)15-21(27(38)32-20(6)26(37)31-10)16-23(35)22(11-12-24(36)41-30(7,8)9)33-28(39)25(18(3)4)34-14-13-19(5)29(34)40/h17-22,25H,11-16H2,1-10H3,(H,31,37)(H,32,38)(H,33,39)/t19-,20+,21-,22+,25+/m0/s1. The molecular formula is C30H52N4O7. The number of likely N-dealkylation sites (N-methyl/N-ethyl adjacent to an activating group) is 1. The molecule has 0 saturated carbocycles. The summed E-state index contributed by atoms with van der Waals surface area (Å²) in [5, 5.41) is 7.96. The fourth-order valence-electron chi connectivity index (χ4n) is 5.01. The van der Waals surface area contributed by atoms with Gasteiger partial charge in [0.05, 0.1) is 6.04 Å². The quantitative estimate of drug-likeness (QED) is 0.252. The lowest BCUT2D eigenvalue weighted by molar-refractivity contribution is -0.155. The normalized spacial score (nSPS) is 18.5. The number of Topliss-reactive ketones (excluding diaryl/α,β-unsaturated/α-hetero) is 1. The highest BCUT2D eigenvalue weighted by atomic mass is 16.6. The second-order valence-electron chi connectivity index (χ2n) is 12.9. The van der Waals surface area contributed by atoms with E-state index in [2.05, 4.69) is 16.0 Å². The summed E-state index contributed by atoms with van der Waals surface area (Å²) < 4.78 is 5.40. The van der Waals surface area contributed by atoms with E-state index in [0.29, 0.717) is 19.4 Å². The molecular weight excluding hydrogens is 528 g/mol. The van der Waals surface area contributed by atoms with E-state index in [1.807, 2.05) is 34.6 Å². The molecule has 1 heterocycles. The minimum atomic E-state index is -1.06. The van der Waals surface area contributed by atoms with Gasteiger partial charge in [-0.3, -0.25) is 28.8 Å². The van der Waals surface area contributed by atoms with Crippen molar-refractivity contribution in [2.75, 3.05) is 13.6 Å². The smallest absolute Gasteiger partial charge is 0.306 e. The predicted molar refractivity (Wildman–Crippen MR) is 155 cm³/mol. The summed E-state index contributed by atoms with van der Waals surface area (Å²) in [7, 11) is 1.47. The van der Waals surface area contributed by atoms with Gasteiger partial charge in [0.2, 0.25) is 23.6 Å². The summed E-state index contributed by atoms with van der Waals surface area (Å²) in [6.07, 6.45) is 0.722. The van der Waals surface area contributed by atoms with Crippen molar-refractivity contribution in [3.8, 4) is 0 Å². The SMILES string of the molecule is CNC(=O)[C@@H](C)NC(=O)[C@H](CC(=O)[C@@H](CCC(=O)OC(C)(C)C)NC(=O)[C@@H](C(C)C)N1CC[C@H](C)C1=O)CC(C)C. The van der Waals surface area contributed by atoms with Gasteiger partial charge in [0.25, 0.3) is 0 Å². The molecule has 11 heteroatoms. The van der Waals surface area contributed by atoms with Crippen molar-refractivity contribution in [3.05, 3.63) is 0 Å². The van der Waals surface area contributed by atoms with Gasteiger partial charge < -0.3 is 25.6 Å². The molecule has 0 radical (unpaired) electrons. The van der Waals surface area contributed by atoms with Crippen molar-refractivity contribution in [1.29, 1.82) is 0 Å². The molecule has 0 aromatic rings. The molecule has 0 bridgehead atoms. The zero-order valence-electron chi connectivity index (χ0n) is 26.6. The molecule has 11 nitrogen and oxygen atoms in total. The van der Waals surface area contributed by atoms with Gasteiger partial charge in [-0.15, -0.1) is 0 Å². The molecule has 234 valence electrons. The molecule has 0 unspecified atom stereocenters. The first-order valence-corrected chi connectivity index (χ1v) is 14.7. The van der Waals surface area contributed by atoms with Crippen molar-refractivity contribution in [2.24, 2.45) is 23.7 Å². The van der Waals surface area contributed by atoms with E-state index in [-0.39, 0.29) is 48.8 Å². The van der Waals surface area contributed by atoms with Crippen LogP contribution in [-0.2, 0) is 33.5 Å². The topological polar surface area (TPSA) is 151 Å². The Balaban J connectivity index is 3.21. The van der Waals surface area contributed by atoms with E-state index in [1.165, 1.54) is 7.05 Å². The summed E-state index contributed by atoms with van der Waals surface area (Å²) in [4.78, 5) is 79.1. The van der Waals surface area contributed by atoms with Crippen LogP contribution in [0.4, 0.5) is 0 Å². The predicted octanol–water partition coefficient (Wildman–Crippen LogP) is 2.36. The maximum atomic E-state index is 13.7. The Labute approximate surface area is 245 Å². The minimum Gasteiger partial charge on any atom is -0.460 e. The number of carbonyl (C=O) groups is 6. The Morgan fingerprint density at radius 1 is 0.976 bits per heavy atom. The second-order valence-corrected chi connectivity index (χ2v) is 12.9. The molecule has 4 amide bonds. The Hall–Kier alpha value is -2.98. The highest BCUT2D eigenvalue weighted by Crippen LogP contribution is 2.24. The van der Waals surface area contributed by atoms with E-state index in [9.17, 15) is 28.8 Å². The zero-order chi connectivity index (χ0) is 31.7. The van der Waals surface area contributed by atoms with Gasteiger partial charge in [0, 0.05) is 38.3 Å². The van der Waals surface area contributed by atoms with Gasteiger partial charge in [-0.25, -0.2) is 0 Å². The molecule has 1 saturated heterocycles. The summed E-state index contributed by atoms with van der Waals surface area (Å²) in [5.41, 5.74) is -0.711. The van der Waals surface area contributed by atoms with Crippen LogP contribution in [-0.4, -0.2) is 77.6 Å². The highest BCUT2D eigenvalue weighted by molar-refractivity contribution is 5.96. The summed E-state index contributed by atoms with van der Waals surface area (Å²) >= 11 is 0. The van der Waals surface area contributed by atoms with Gasteiger partial charge in [-0.1, -0.05) is 34.6 Å². The summed E-state index contributed by atoms with van der Waals surface area (Å²) in [5.74, 6) is -3.33. The lowest BCUT2D eigenvalue weighted by atomic mass is 9.88.